The van der Waals surface area contributed by atoms with Crippen LogP contribution in [0.25, 0.3) is 16.9 Å². The zero-order valence-corrected chi connectivity index (χ0v) is 17.5. The molecule has 7 heteroatoms. The second-order valence-electron chi connectivity index (χ2n) is 6.98. The minimum atomic E-state index is -0.316. The second kappa shape index (κ2) is 7.30. The largest absolute Gasteiger partial charge is 0.305 e. The van der Waals surface area contributed by atoms with Crippen LogP contribution in [0.2, 0.25) is 0 Å². The molecule has 0 fully saturated rings. The minimum absolute atomic E-state index is 0.316. The van der Waals surface area contributed by atoms with Crippen molar-refractivity contribution in [3.8, 4) is 17.3 Å². The fourth-order valence-electron chi connectivity index (χ4n) is 3.53. The van der Waals surface area contributed by atoms with Crippen LogP contribution in [-0.4, -0.2) is 21.4 Å². The summed E-state index contributed by atoms with van der Waals surface area (Å²) in [5.74, 6) is 0.627. The third-order valence-corrected chi connectivity index (χ3v) is 5.90. The van der Waals surface area contributed by atoms with Crippen molar-refractivity contribution in [3.63, 3.8) is 0 Å². The summed E-state index contributed by atoms with van der Waals surface area (Å²) in [5, 5.41) is 10.3. The Hall–Kier alpha value is -3.24. The molecule has 0 N–H and O–H groups in total. The van der Waals surface area contributed by atoms with Crippen LogP contribution in [0.5, 0.6) is 0 Å². The molecule has 3 heterocycles. The molecule has 0 amide bonds. The van der Waals surface area contributed by atoms with Gasteiger partial charge in [-0.05, 0) is 55.7 Å². The Labute approximate surface area is 172 Å². The summed E-state index contributed by atoms with van der Waals surface area (Å²) in [6, 6.07) is 10.4. The number of thiazole rings is 1. The Balaban J connectivity index is 1.87. The lowest BCUT2D eigenvalue weighted by Crippen LogP contribution is -2.13. The molecule has 1 aromatic carbocycles. The van der Waals surface area contributed by atoms with E-state index in [9.17, 15) is 9.65 Å². The van der Waals surface area contributed by atoms with E-state index in [-0.39, 0.29) is 5.82 Å². The molecule has 0 radical (unpaired) electrons. The van der Waals surface area contributed by atoms with Crippen molar-refractivity contribution >= 4 is 27.9 Å². The molecule has 146 valence electrons. The van der Waals surface area contributed by atoms with Gasteiger partial charge in [-0.25, -0.2) is 14.4 Å². The second-order valence-corrected chi connectivity index (χ2v) is 7.96. The number of hydrogen-bond donors (Lipinski definition) is 0. The Kier molecular flexibility index (Phi) is 4.81. The van der Waals surface area contributed by atoms with Crippen molar-refractivity contribution in [2.75, 3.05) is 11.9 Å². The van der Waals surface area contributed by atoms with Crippen molar-refractivity contribution in [2.45, 2.75) is 27.2 Å². The summed E-state index contributed by atoms with van der Waals surface area (Å²) < 4.78 is 15.4. The number of nitriles is 1. The van der Waals surface area contributed by atoms with Gasteiger partial charge in [-0.2, -0.15) is 5.26 Å². The normalized spacial score (nSPS) is 11.0. The third kappa shape index (κ3) is 3.26. The molecule has 0 spiro atoms. The first kappa shape index (κ1) is 19.1. The Morgan fingerprint density at radius 1 is 1.21 bits per heavy atom. The molecular formula is C22H20FN5S. The van der Waals surface area contributed by atoms with Crippen LogP contribution in [-0.2, 0) is 6.42 Å². The van der Waals surface area contributed by atoms with Crippen LogP contribution in [0.4, 0.5) is 15.3 Å². The number of anilines is 2. The van der Waals surface area contributed by atoms with Gasteiger partial charge in [0.1, 0.15) is 33.9 Å². The lowest BCUT2D eigenvalue weighted by Gasteiger charge is -2.17. The molecule has 0 saturated carbocycles. The monoisotopic (exact) mass is 405 g/mol. The Bertz CT molecular complexity index is 1250. The summed E-state index contributed by atoms with van der Waals surface area (Å²) in [6.45, 7) is 6.20. The number of fused-ring (bicyclic) bond motifs is 1. The quantitative estimate of drug-likeness (QED) is 0.455. The molecule has 0 saturated heterocycles. The molecule has 0 unspecified atom stereocenters. The number of aromatic nitrogens is 3. The fourth-order valence-corrected chi connectivity index (χ4v) is 4.38. The van der Waals surface area contributed by atoms with E-state index in [1.807, 2.05) is 11.9 Å². The number of benzene rings is 1. The van der Waals surface area contributed by atoms with Gasteiger partial charge in [0.25, 0.3) is 0 Å². The standard InChI is InChI=1S/C22H20FN5S/c1-5-17-21(28-12-13(2)10-14(3)20(28)25-17)27(4)22-26-19(18(11-24)29-22)15-6-8-16(23)9-7-15/h6-10,12H,5H2,1-4H3. The fraction of sp³-hybridized carbons (Fsp3) is 0.227. The van der Waals surface area contributed by atoms with Crippen molar-refractivity contribution in [2.24, 2.45) is 0 Å². The van der Waals surface area contributed by atoms with Gasteiger partial charge in [0.15, 0.2) is 5.13 Å². The summed E-state index contributed by atoms with van der Waals surface area (Å²) in [4.78, 5) is 12.0. The third-order valence-electron chi connectivity index (χ3n) is 4.86. The molecule has 5 nitrogen and oxygen atoms in total. The van der Waals surface area contributed by atoms with Gasteiger partial charge in [0.2, 0.25) is 0 Å². The van der Waals surface area contributed by atoms with Gasteiger partial charge in [-0.1, -0.05) is 24.3 Å². The van der Waals surface area contributed by atoms with Gasteiger partial charge in [-0.15, -0.1) is 0 Å². The van der Waals surface area contributed by atoms with Crippen LogP contribution < -0.4 is 4.90 Å². The van der Waals surface area contributed by atoms with Crippen molar-refractivity contribution in [1.29, 1.82) is 5.26 Å². The highest BCUT2D eigenvalue weighted by atomic mass is 32.1. The molecule has 0 aliphatic heterocycles. The average Bonchev–Trinajstić information content (AvgIpc) is 3.29. The molecule has 29 heavy (non-hydrogen) atoms. The number of imidazole rings is 1. The summed E-state index contributed by atoms with van der Waals surface area (Å²) in [6.07, 6.45) is 2.85. The van der Waals surface area contributed by atoms with Crippen molar-refractivity contribution in [3.05, 3.63) is 64.0 Å². The first-order valence-electron chi connectivity index (χ1n) is 9.31. The van der Waals surface area contributed by atoms with Gasteiger partial charge in [-0.3, -0.25) is 4.40 Å². The number of halogens is 1. The molecule has 0 aliphatic rings. The van der Waals surface area contributed by atoms with Crippen molar-refractivity contribution < 1.29 is 4.39 Å². The van der Waals surface area contributed by atoms with E-state index in [4.69, 9.17) is 9.97 Å². The van der Waals surface area contributed by atoms with E-state index in [1.165, 1.54) is 23.5 Å². The van der Waals surface area contributed by atoms with E-state index in [1.54, 1.807) is 12.1 Å². The van der Waals surface area contributed by atoms with E-state index in [0.717, 1.165) is 40.3 Å². The maximum absolute atomic E-state index is 13.3. The van der Waals surface area contributed by atoms with Crippen LogP contribution in [0, 0.1) is 31.0 Å². The van der Waals surface area contributed by atoms with E-state index < -0.39 is 0 Å². The SMILES string of the molecule is CCc1nc2c(C)cc(C)cn2c1N(C)c1nc(-c2ccc(F)cc2)c(C#N)s1. The van der Waals surface area contributed by atoms with Gasteiger partial charge in [0.05, 0.1) is 5.69 Å². The predicted octanol–water partition coefficient (Wildman–Crippen LogP) is 5.42. The van der Waals surface area contributed by atoms with E-state index in [0.29, 0.717) is 15.7 Å². The molecule has 4 aromatic rings. The Morgan fingerprint density at radius 2 is 1.93 bits per heavy atom. The average molecular weight is 406 g/mol. The minimum Gasteiger partial charge on any atom is -0.305 e. The van der Waals surface area contributed by atoms with Crippen LogP contribution in [0.1, 0.15) is 28.6 Å². The van der Waals surface area contributed by atoms with Gasteiger partial charge in [0, 0.05) is 18.8 Å². The summed E-state index contributed by atoms with van der Waals surface area (Å²) >= 11 is 1.32. The van der Waals surface area contributed by atoms with E-state index >= 15 is 0 Å². The number of nitrogens with zero attached hydrogens (tertiary/aromatic N) is 5. The maximum Gasteiger partial charge on any atom is 0.192 e. The maximum atomic E-state index is 13.3. The number of pyridine rings is 1. The highest BCUT2D eigenvalue weighted by Gasteiger charge is 2.22. The smallest absolute Gasteiger partial charge is 0.192 e. The number of hydrogen-bond acceptors (Lipinski definition) is 5. The van der Waals surface area contributed by atoms with Gasteiger partial charge < -0.3 is 4.90 Å². The van der Waals surface area contributed by atoms with Crippen molar-refractivity contribution in [1.82, 2.24) is 14.4 Å². The molecule has 3 aromatic heterocycles. The summed E-state index contributed by atoms with van der Waals surface area (Å²) in [7, 11) is 1.94. The predicted molar refractivity (Wildman–Crippen MR) is 114 cm³/mol. The number of rotatable bonds is 4. The van der Waals surface area contributed by atoms with Gasteiger partial charge >= 0.3 is 0 Å². The first-order valence-corrected chi connectivity index (χ1v) is 10.1. The van der Waals surface area contributed by atoms with Crippen LogP contribution in [0.15, 0.2) is 36.5 Å². The zero-order chi connectivity index (χ0) is 20.7. The lowest BCUT2D eigenvalue weighted by atomic mass is 10.1. The molecule has 4 rings (SSSR count). The lowest BCUT2D eigenvalue weighted by molar-refractivity contribution is 0.628. The topological polar surface area (TPSA) is 57.2 Å². The molecule has 0 aliphatic carbocycles. The van der Waals surface area contributed by atoms with Crippen LogP contribution >= 0.6 is 11.3 Å². The van der Waals surface area contributed by atoms with E-state index in [2.05, 4.69) is 43.5 Å². The first-order chi connectivity index (χ1) is 13.9. The highest BCUT2D eigenvalue weighted by molar-refractivity contribution is 7.16. The summed E-state index contributed by atoms with van der Waals surface area (Å²) in [5.41, 5.74) is 5.44. The molecule has 0 bridgehead atoms. The Morgan fingerprint density at radius 3 is 2.59 bits per heavy atom. The molecule has 0 atom stereocenters. The zero-order valence-electron chi connectivity index (χ0n) is 16.7. The highest BCUT2D eigenvalue weighted by Crippen LogP contribution is 2.37. The number of aryl methyl sites for hydroxylation is 3. The van der Waals surface area contributed by atoms with Crippen LogP contribution in [0.3, 0.4) is 0 Å². The molecular weight excluding hydrogens is 385 g/mol.